The monoisotopic (exact) mass is 404 g/mol. The molecule has 146 valence electrons. The molecule has 0 radical (unpaired) electrons. The fourth-order valence-corrected chi connectivity index (χ4v) is 2.79. The van der Waals surface area contributed by atoms with Crippen LogP contribution in [0, 0.1) is 10.1 Å². The van der Waals surface area contributed by atoms with Gasteiger partial charge in [0.25, 0.3) is 11.6 Å². The Morgan fingerprint density at radius 3 is 2.50 bits per heavy atom. The van der Waals surface area contributed by atoms with Gasteiger partial charge >= 0.3 is 11.9 Å². The Balaban J connectivity index is 2.04. The predicted octanol–water partition coefficient (Wildman–Crippen LogP) is 2.90. The minimum atomic E-state index is -0.882. The Morgan fingerprint density at radius 1 is 1.14 bits per heavy atom. The van der Waals surface area contributed by atoms with Crippen LogP contribution in [0.1, 0.15) is 20.7 Å². The summed E-state index contributed by atoms with van der Waals surface area (Å²) in [7, 11) is 1.21. The number of nitrogens with zero attached hydrogens (tertiary/aromatic N) is 1. The summed E-state index contributed by atoms with van der Waals surface area (Å²) in [5.74, 6) is -2.19. The van der Waals surface area contributed by atoms with E-state index < -0.39 is 29.4 Å². The molecule has 0 fully saturated rings. The van der Waals surface area contributed by atoms with Crippen molar-refractivity contribution >= 4 is 41.0 Å². The standard InChI is InChI=1S/C18H16N2O7S/c1-26-18(23)12-5-3-4-6-13(12)19-16(21)10-27-17(22)11-7-8-15(28-2)14(9-11)20(24)25/h3-9H,10H2,1-2H3,(H,19,21). The molecule has 0 atom stereocenters. The summed E-state index contributed by atoms with van der Waals surface area (Å²) in [6, 6.07) is 10.1. The van der Waals surface area contributed by atoms with Crippen molar-refractivity contribution < 1.29 is 28.8 Å². The average Bonchev–Trinajstić information content (AvgIpc) is 2.71. The van der Waals surface area contributed by atoms with Crippen LogP contribution < -0.4 is 5.32 Å². The van der Waals surface area contributed by atoms with E-state index in [1.165, 1.54) is 43.1 Å². The summed E-state index contributed by atoms with van der Waals surface area (Å²) in [4.78, 5) is 46.7. The van der Waals surface area contributed by atoms with Gasteiger partial charge in [-0.3, -0.25) is 14.9 Å². The molecule has 10 heteroatoms. The third-order valence-corrected chi connectivity index (χ3v) is 4.34. The molecule has 2 rings (SSSR count). The quantitative estimate of drug-likeness (QED) is 0.323. The molecule has 0 heterocycles. The number of rotatable bonds is 7. The Morgan fingerprint density at radius 2 is 1.86 bits per heavy atom. The summed E-state index contributed by atoms with van der Waals surface area (Å²) in [5.41, 5.74) is 0.0778. The van der Waals surface area contributed by atoms with E-state index >= 15 is 0 Å². The molecule has 2 aromatic rings. The maximum atomic E-state index is 12.1. The Labute approximate surface area is 164 Å². The molecule has 0 aliphatic rings. The van der Waals surface area contributed by atoms with Crippen LogP contribution in [0.3, 0.4) is 0 Å². The van der Waals surface area contributed by atoms with Crippen molar-refractivity contribution in [3.05, 3.63) is 63.7 Å². The minimum absolute atomic E-state index is 0.0488. The zero-order valence-corrected chi connectivity index (χ0v) is 15.8. The van der Waals surface area contributed by atoms with E-state index in [4.69, 9.17) is 4.74 Å². The van der Waals surface area contributed by atoms with Crippen LogP contribution in [0.15, 0.2) is 47.4 Å². The highest BCUT2D eigenvalue weighted by atomic mass is 32.2. The molecule has 1 N–H and O–H groups in total. The van der Waals surface area contributed by atoms with Crippen molar-refractivity contribution in [1.82, 2.24) is 0 Å². The SMILES string of the molecule is COC(=O)c1ccccc1NC(=O)COC(=O)c1ccc(SC)c([N+](=O)[O-])c1. The Bertz CT molecular complexity index is 930. The topological polar surface area (TPSA) is 125 Å². The number of ether oxygens (including phenoxy) is 2. The molecule has 0 saturated carbocycles. The lowest BCUT2D eigenvalue weighted by Gasteiger charge is -2.10. The molecule has 0 aliphatic carbocycles. The third-order valence-electron chi connectivity index (χ3n) is 3.55. The maximum absolute atomic E-state index is 12.1. The first-order chi connectivity index (χ1) is 13.4. The number of benzene rings is 2. The molecule has 1 amide bonds. The van der Waals surface area contributed by atoms with Crippen molar-refractivity contribution in [2.75, 3.05) is 25.3 Å². The van der Waals surface area contributed by atoms with E-state index in [-0.39, 0.29) is 22.5 Å². The number of nitrogens with one attached hydrogen (secondary N) is 1. The molecule has 0 aromatic heterocycles. The molecular formula is C18H16N2O7S. The van der Waals surface area contributed by atoms with Crippen molar-refractivity contribution in [1.29, 1.82) is 0 Å². The molecule has 2 aromatic carbocycles. The number of nitro benzene ring substituents is 1. The van der Waals surface area contributed by atoms with Crippen LogP contribution in [-0.2, 0) is 14.3 Å². The summed E-state index contributed by atoms with van der Waals surface area (Å²) in [5, 5.41) is 13.5. The van der Waals surface area contributed by atoms with E-state index in [1.807, 2.05) is 0 Å². The number of carbonyl (C=O) groups excluding carboxylic acids is 3. The van der Waals surface area contributed by atoms with Crippen LogP contribution in [0.5, 0.6) is 0 Å². The molecule has 28 heavy (non-hydrogen) atoms. The maximum Gasteiger partial charge on any atom is 0.339 e. The van der Waals surface area contributed by atoms with Gasteiger partial charge < -0.3 is 14.8 Å². The number of amides is 1. The second-order valence-electron chi connectivity index (χ2n) is 5.31. The first-order valence-electron chi connectivity index (χ1n) is 7.84. The number of esters is 2. The van der Waals surface area contributed by atoms with Crippen LogP contribution in [-0.4, -0.2) is 42.7 Å². The normalized spacial score (nSPS) is 10.1. The smallest absolute Gasteiger partial charge is 0.339 e. The molecule has 0 bridgehead atoms. The molecular weight excluding hydrogens is 388 g/mol. The molecule has 0 spiro atoms. The van der Waals surface area contributed by atoms with Crippen molar-refractivity contribution in [3.63, 3.8) is 0 Å². The second-order valence-corrected chi connectivity index (χ2v) is 6.15. The van der Waals surface area contributed by atoms with Gasteiger partial charge in [0.05, 0.1) is 33.7 Å². The van der Waals surface area contributed by atoms with Gasteiger partial charge in [0, 0.05) is 6.07 Å². The highest BCUT2D eigenvalue weighted by molar-refractivity contribution is 7.98. The van der Waals surface area contributed by atoms with Gasteiger partial charge in [-0.1, -0.05) is 12.1 Å². The summed E-state index contributed by atoms with van der Waals surface area (Å²) < 4.78 is 9.53. The van der Waals surface area contributed by atoms with Gasteiger partial charge in [0.1, 0.15) is 0 Å². The van der Waals surface area contributed by atoms with E-state index in [1.54, 1.807) is 18.4 Å². The van der Waals surface area contributed by atoms with E-state index in [0.29, 0.717) is 4.90 Å². The third kappa shape index (κ3) is 5.07. The van der Waals surface area contributed by atoms with Crippen LogP contribution in [0.4, 0.5) is 11.4 Å². The largest absolute Gasteiger partial charge is 0.465 e. The van der Waals surface area contributed by atoms with Gasteiger partial charge in [0.15, 0.2) is 6.61 Å². The van der Waals surface area contributed by atoms with Crippen molar-refractivity contribution in [2.24, 2.45) is 0 Å². The summed E-state index contributed by atoms with van der Waals surface area (Å²) in [6.07, 6.45) is 1.68. The first-order valence-corrected chi connectivity index (χ1v) is 9.06. The molecule has 9 nitrogen and oxygen atoms in total. The fourth-order valence-electron chi connectivity index (χ4n) is 2.24. The lowest BCUT2D eigenvalue weighted by Crippen LogP contribution is -2.22. The molecule has 0 unspecified atom stereocenters. The Kier molecular flexibility index (Phi) is 7.10. The number of carbonyl (C=O) groups is 3. The first kappa shape index (κ1) is 20.9. The summed E-state index contributed by atoms with van der Waals surface area (Å²) >= 11 is 1.17. The van der Waals surface area contributed by atoms with E-state index in [2.05, 4.69) is 10.1 Å². The van der Waals surface area contributed by atoms with Crippen LogP contribution >= 0.6 is 11.8 Å². The number of thioether (sulfide) groups is 1. The van der Waals surface area contributed by atoms with Gasteiger partial charge in [-0.25, -0.2) is 9.59 Å². The average molecular weight is 404 g/mol. The van der Waals surface area contributed by atoms with Crippen LogP contribution in [0.2, 0.25) is 0 Å². The van der Waals surface area contributed by atoms with Crippen LogP contribution in [0.25, 0.3) is 0 Å². The van der Waals surface area contributed by atoms with Gasteiger partial charge in [-0.15, -0.1) is 11.8 Å². The zero-order valence-electron chi connectivity index (χ0n) is 15.0. The number of anilines is 1. The zero-order chi connectivity index (χ0) is 20.7. The highest BCUT2D eigenvalue weighted by Gasteiger charge is 2.19. The van der Waals surface area contributed by atoms with Crippen molar-refractivity contribution in [2.45, 2.75) is 4.90 Å². The number of hydrogen-bond acceptors (Lipinski definition) is 8. The van der Waals surface area contributed by atoms with E-state index in [0.717, 1.165) is 6.07 Å². The number of nitro groups is 1. The van der Waals surface area contributed by atoms with Gasteiger partial charge in [-0.05, 0) is 30.5 Å². The fraction of sp³-hybridized carbons (Fsp3) is 0.167. The number of methoxy groups -OCH3 is 1. The minimum Gasteiger partial charge on any atom is -0.465 e. The van der Waals surface area contributed by atoms with Gasteiger partial charge in [-0.2, -0.15) is 0 Å². The lowest BCUT2D eigenvalue weighted by atomic mass is 10.2. The highest BCUT2D eigenvalue weighted by Crippen LogP contribution is 2.28. The van der Waals surface area contributed by atoms with Gasteiger partial charge in [0.2, 0.25) is 0 Å². The molecule has 0 aliphatic heterocycles. The second kappa shape index (κ2) is 9.51. The van der Waals surface area contributed by atoms with E-state index in [9.17, 15) is 24.5 Å². The Hall–Kier alpha value is -3.40. The van der Waals surface area contributed by atoms with Crippen molar-refractivity contribution in [3.8, 4) is 0 Å². The predicted molar refractivity (Wildman–Crippen MR) is 102 cm³/mol. The molecule has 0 saturated heterocycles. The summed E-state index contributed by atoms with van der Waals surface area (Å²) in [6.45, 7) is -0.633. The number of para-hydroxylation sites is 1. The number of hydrogen-bond donors (Lipinski definition) is 1. The lowest BCUT2D eigenvalue weighted by molar-refractivity contribution is -0.387.